The van der Waals surface area contributed by atoms with Crippen LogP contribution in [0.15, 0.2) is 12.2 Å². The third-order valence-corrected chi connectivity index (χ3v) is 2.89. The molecule has 0 aliphatic carbocycles. The molecule has 0 radical (unpaired) electrons. The monoisotopic (exact) mass is 196 g/mol. The van der Waals surface area contributed by atoms with Gasteiger partial charge in [0, 0.05) is 39.3 Å². The number of hydrogen-bond acceptors (Lipinski definition) is 3. The molecule has 0 amide bonds. The van der Waals surface area contributed by atoms with E-state index in [1.54, 1.807) is 0 Å². The average Bonchev–Trinajstić information content (AvgIpc) is 2.72. The lowest BCUT2D eigenvalue weighted by molar-refractivity contribution is 0.145. The summed E-state index contributed by atoms with van der Waals surface area (Å²) in [6.07, 6.45) is 7.33. The van der Waals surface area contributed by atoms with Crippen molar-refractivity contribution in [2.75, 3.05) is 39.3 Å². The van der Waals surface area contributed by atoms with Crippen LogP contribution in [0.5, 0.6) is 0 Å². The van der Waals surface area contributed by atoms with E-state index in [0.29, 0.717) is 6.10 Å². The highest BCUT2D eigenvalue weighted by atomic mass is 16.5. The molecule has 3 nitrogen and oxygen atoms in total. The van der Waals surface area contributed by atoms with Gasteiger partial charge in [0.15, 0.2) is 0 Å². The zero-order valence-electron chi connectivity index (χ0n) is 8.74. The number of ether oxygens (including phenoxy) is 1. The predicted molar refractivity (Wildman–Crippen MR) is 57.4 cm³/mol. The minimum atomic E-state index is 0.401. The SMILES string of the molecule is C(=C/C1CCCO1)/CN1CCNCC1. The van der Waals surface area contributed by atoms with E-state index < -0.39 is 0 Å². The zero-order valence-corrected chi connectivity index (χ0v) is 8.74. The van der Waals surface area contributed by atoms with E-state index in [-0.39, 0.29) is 0 Å². The lowest BCUT2D eigenvalue weighted by Crippen LogP contribution is -2.43. The number of nitrogens with zero attached hydrogens (tertiary/aromatic N) is 1. The van der Waals surface area contributed by atoms with Crippen LogP contribution in [0, 0.1) is 0 Å². The minimum Gasteiger partial charge on any atom is -0.374 e. The van der Waals surface area contributed by atoms with Gasteiger partial charge in [0.05, 0.1) is 6.10 Å². The largest absolute Gasteiger partial charge is 0.374 e. The van der Waals surface area contributed by atoms with Crippen molar-refractivity contribution in [3.63, 3.8) is 0 Å². The number of nitrogens with one attached hydrogen (secondary N) is 1. The molecule has 1 N–H and O–H groups in total. The summed E-state index contributed by atoms with van der Waals surface area (Å²) in [6.45, 7) is 6.65. The van der Waals surface area contributed by atoms with Gasteiger partial charge in [-0.15, -0.1) is 0 Å². The Morgan fingerprint density at radius 1 is 1.36 bits per heavy atom. The number of hydrogen-bond donors (Lipinski definition) is 1. The van der Waals surface area contributed by atoms with Crippen molar-refractivity contribution in [3.8, 4) is 0 Å². The van der Waals surface area contributed by atoms with E-state index >= 15 is 0 Å². The predicted octanol–water partition coefficient (Wildman–Crippen LogP) is 0.627. The van der Waals surface area contributed by atoms with E-state index in [1.807, 2.05) is 0 Å². The molecule has 80 valence electrons. The first-order valence-electron chi connectivity index (χ1n) is 5.66. The van der Waals surface area contributed by atoms with Gasteiger partial charge in [-0.25, -0.2) is 0 Å². The molecular weight excluding hydrogens is 176 g/mol. The molecule has 0 bridgehead atoms. The van der Waals surface area contributed by atoms with Gasteiger partial charge < -0.3 is 10.1 Å². The molecule has 2 heterocycles. The molecule has 1 unspecified atom stereocenters. The van der Waals surface area contributed by atoms with E-state index in [9.17, 15) is 0 Å². The molecule has 0 spiro atoms. The fraction of sp³-hybridized carbons (Fsp3) is 0.818. The quantitative estimate of drug-likeness (QED) is 0.670. The van der Waals surface area contributed by atoms with Gasteiger partial charge in [-0.1, -0.05) is 12.2 Å². The van der Waals surface area contributed by atoms with Crippen LogP contribution in [-0.4, -0.2) is 50.3 Å². The smallest absolute Gasteiger partial charge is 0.0757 e. The second-order valence-corrected chi connectivity index (χ2v) is 4.03. The number of piperazine rings is 1. The van der Waals surface area contributed by atoms with Crippen LogP contribution in [0.2, 0.25) is 0 Å². The Morgan fingerprint density at radius 2 is 2.21 bits per heavy atom. The van der Waals surface area contributed by atoms with Crippen LogP contribution >= 0.6 is 0 Å². The molecule has 0 aromatic rings. The summed E-state index contributed by atoms with van der Waals surface area (Å²) in [4.78, 5) is 2.47. The standard InChI is InChI=1S/C11H20N2O/c1(3-11-4-2-10-14-11)7-13-8-5-12-6-9-13/h1,3,11-12H,2,4-10H2/b3-1-. The van der Waals surface area contributed by atoms with Crippen LogP contribution in [0.25, 0.3) is 0 Å². The van der Waals surface area contributed by atoms with E-state index in [1.165, 1.54) is 25.9 Å². The van der Waals surface area contributed by atoms with Crippen LogP contribution in [0.1, 0.15) is 12.8 Å². The van der Waals surface area contributed by atoms with Crippen molar-refractivity contribution >= 4 is 0 Å². The maximum absolute atomic E-state index is 5.52. The summed E-state index contributed by atoms with van der Waals surface area (Å²) in [7, 11) is 0. The molecule has 1 atom stereocenters. The molecule has 0 saturated carbocycles. The summed E-state index contributed by atoms with van der Waals surface area (Å²) in [5.74, 6) is 0. The lowest BCUT2D eigenvalue weighted by atomic mass is 10.2. The Balaban J connectivity index is 1.64. The maximum atomic E-state index is 5.52. The zero-order chi connectivity index (χ0) is 9.64. The topological polar surface area (TPSA) is 24.5 Å². The van der Waals surface area contributed by atoms with Crippen LogP contribution in [0.3, 0.4) is 0 Å². The van der Waals surface area contributed by atoms with Crippen molar-refractivity contribution in [3.05, 3.63) is 12.2 Å². The minimum absolute atomic E-state index is 0.401. The van der Waals surface area contributed by atoms with Crippen LogP contribution in [0.4, 0.5) is 0 Å². The van der Waals surface area contributed by atoms with Crippen molar-refractivity contribution in [2.24, 2.45) is 0 Å². The van der Waals surface area contributed by atoms with Gasteiger partial charge in [0.1, 0.15) is 0 Å². The second-order valence-electron chi connectivity index (χ2n) is 4.03. The van der Waals surface area contributed by atoms with Gasteiger partial charge >= 0.3 is 0 Å². The molecule has 2 fully saturated rings. The van der Waals surface area contributed by atoms with Gasteiger partial charge in [-0.2, -0.15) is 0 Å². The molecule has 3 heteroatoms. The van der Waals surface area contributed by atoms with Crippen molar-refractivity contribution in [1.82, 2.24) is 10.2 Å². The first-order valence-corrected chi connectivity index (χ1v) is 5.66. The van der Waals surface area contributed by atoms with Gasteiger partial charge in [-0.3, -0.25) is 4.90 Å². The Kier molecular flexibility index (Phi) is 3.98. The molecule has 2 aliphatic heterocycles. The Morgan fingerprint density at radius 3 is 2.93 bits per heavy atom. The normalized spacial score (nSPS) is 30.1. The average molecular weight is 196 g/mol. The highest BCUT2D eigenvalue weighted by molar-refractivity contribution is 4.93. The van der Waals surface area contributed by atoms with Gasteiger partial charge in [-0.05, 0) is 12.8 Å². The summed E-state index contributed by atoms with van der Waals surface area (Å²) >= 11 is 0. The maximum Gasteiger partial charge on any atom is 0.0757 e. The third kappa shape index (κ3) is 3.08. The van der Waals surface area contributed by atoms with E-state index in [2.05, 4.69) is 22.4 Å². The fourth-order valence-corrected chi connectivity index (χ4v) is 2.01. The number of rotatable bonds is 3. The van der Waals surface area contributed by atoms with Crippen molar-refractivity contribution in [2.45, 2.75) is 18.9 Å². The highest BCUT2D eigenvalue weighted by Crippen LogP contribution is 2.12. The summed E-state index contributed by atoms with van der Waals surface area (Å²) < 4.78 is 5.52. The first-order chi connectivity index (χ1) is 6.95. The Bertz CT molecular complexity index is 182. The highest BCUT2D eigenvalue weighted by Gasteiger charge is 2.12. The fourth-order valence-electron chi connectivity index (χ4n) is 2.01. The van der Waals surface area contributed by atoms with Gasteiger partial charge in [0.2, 0.25) is 0 Å². The summed E-state index contributed by atoms with van der Waals surface area (Å²) in [5.41, 5.74) is 0. The van der Waals surface area contributed by atoms with Crippen molar-refractivity contribution < 1.29 is 4.74 Å². The third-order valence-electron chi connectivity index (χ3n) is 2.89. The van der Waals surface area contributed by atoms with Crippen molar-refractivity contribution in [1.29, 1.82) is 0 Å². The Hall–Kier alpha value is -0.380. The molecule has 14 heavy (non-hydrogen) atoms. The van der Waals surface area contributed by atoms with E-state index in [0.717, 1.165) is 26.2 Å². The Labute approximate surface area is 86.1 Å². The summed E-state index contributed by atoms with van der Waals surface area (Å²) in [5, 5.41) is 3.36. The molecular formula is C11H20N2O. The molecule has 2 aliphatic rings. The molecule has 0 aromatic heterocycles. The van der Waals surface area contributed by atoms with Crippen LogP contribution < -0.4 is 5.32 Å². The lowest BCUT2D eigenvalue weighted by Gasteiger charge is -2.25. The summed E-state index contributed by atoms with van der Waals surface area (Å²) in [6, 6.07) is 0. The van der Waals surface area contributed by atoms with E-state index in [4.69, 9.17) is 4.74 Å². The second kappa shape index (κ2) is 5.49. The molecule has 0 aromatic carbocycles. The van der Waals surface area contributed by atoms with Crippen LogP contribution in [-0.2, 0) is 4.74 Å². The molecule has 2 saturated heterocycles. The molecule has 2 rings (SSSR count). The van der Waals surface area contributed by atoms with Gasteiger partial charge in [0.25, 0.3) is 0 Å². The first kappa shape index (κ1) is 10.1.